The van der Waals surface area contributed by atoms with Gasteiger partial charge < -0.3 is 15.4 Å². The smallest absolute Gasteiger partial charge is 0.182 e. The van der Waals surface area contributed by atoms with Gasteiger partial charge in [-0.2, -0.15) is 0 Å². The van der Waals surface area contributed by atoms with Gasteiger partial charge in [-0.15, -0.1) is 0 Å². The maximum Gasteiger partial charge on any atom is 0.182 e. The number of ether oxygens (including phenoxy) is 1. The number of pyridine rings is 1. The Morgan fingerprint density at radius 3 is 2.71 bits per heavy atom. The third kappa shape index (κ3) is 5.66. The number of nitrogens with two attached hydrogens (primary N) is 1. The summed E-state index contributed by atoms with van der Waals surface area (Å²) in [6.45, 7) is 10.5. The molecule has 3 aromatic heterocycles. The van der Waals surface area contributed by atoms with Crippen molar-refractivity contribution >= 4 is 26.8 Å². The van der Waals surface area contributed by atoms with Gasteiger partial charge in [0, 0.05) is 23.1 Å². The van der Waals surface area contributed by atoms with E-state index in [1.54, 1.807) is 0 Å². The van der Waals surface area contributed by atoms with Crippen LogP contribution in [-0.2, 0) is 19.4 Å². The summed E-state index contributed by atoms with van der Waals surface area (Å²) in [5.41, 5.74) is 13.8. The van der Waals surface area contributed by atoms with Crippen molar-refractivity contribution in [2.24, 2.45) is 11.8 Å². The first-order valence-electron chi connectivity index (χ1n) is 13.5. The van der Waals surface area contributed by atoms with Crippen LogP contribution in [0.1, 0.15) is 61.4 Å². The minimum absolute atomic E-state index is 0.390. The second-order valence-electron chi connectivity index (χ2n) is 11.2. The molecule has 0 fully saturated rings. The van der Waals surface area contributed by atoms with Gasteiger partial charge in [0.05, 0.1) is 13.2 Å². The third-order valence-electron chi connectivity index (χ3n) is 7.50. The molecule has 0 spiro atoms. The van der Waals surface area contributed by atoms with Gasteiger partial charge in [0.1, 0.15) is 21.9 Å². The highest BCUT2D eigenvalue weighted by atomic mass is 32.1. The normalized spacial score (nSPS) is 17.9. The summed E-state index contributed by atoms with van der Waals surface area (Å²) in [4.78, 5) is 21.9. The lowest BCUT2D eigenvalue weighted by atomic mass is 9.80. The molecule has 1 aliphatic heterocycles. The maximum absolute atomic E-state index is 6.30. The van der Waals surface area contributed by atoms with Gasteiger partial charge in [0.2, 0.25) is 0 Å². The van der Waals surface area contributed by atoms with E-state index in [1.165, 1.54) is 28.2 Å². The Hall–Kier alpha value is -3.10. The summed E-state index contributed by atoms with van der Waals surface area (Å²) in [6, 6.07) is 8.56. The van der Waals surface area contributed by atoms with Crippen molar-refractivity contribution in [2.75, 3.05) is 26.4 Å². The van der Waals surface area contributed by atoms with E-state index in [2.05, 4.69) is 80.9 Å². The zero-order chi connectivity index (χ0) is 27.0. The van der Waals surface area contributed by atoms with Crippen molar-refractivity contribution in [1.82, 2.24) is 24.8 Å². The van der Waals surface area contributed by atoms with Crippen LogP contribution in [0.25, 0.3) is 21.5 Å². The van der Waals surface area contributed by atoms with Gasteiger partial charge in [-0.25, -0.2) is 19.9 Å². The number of aromatic nitrogens is 4. The molecule has 1 aliphatic rings. The Labute approximate surface area is 229 Å². The number of nitrogen functional groups attached to an aromatic ring is 1. The summed E-state index contributed by atoms with van der Waals surface area (Å²) >= 11 is 1.42. The molecule has 1 aromatic carbocycles. The molecule has 0 amide bonds. The van der Waals surface area contributed by atoms with Gasteiger partial charge in [-0.05, 0) is 92.9 Å². The summed E-state index contributed by atoms with van der Waals surface area (Å²) in [7, 11) is 4.13. The van der Waals surface area contributed by atoms with Crippen LogP contribution in [0.3, 0.4) is 0 Å². The van der Waals surface area contributed by atoms with Crippen molar-refractivity contribution in [2.45, 2.75) is 59.4 Å². The molecular weight excluding hydrogens is 492 g/mol. The van der Waals surface area contributed by atoms with Crippen LogP contribution in [0.15, 0.2) is 30.5 Å². The lowest BCUT2D eigenvalue weighted by Gasteiger charge is -2.29. The summed E-state index contributed by atoms with van der Waals surface area (Å²) in [6.07, 6.45) is 4.83. The van der Waals surface area contributed by atoms with Crippen molar-refractivity contribution in [3.8, 4) is 16.9 Å². The van der Waals surface area contributed by atoms with Gasteiger partial charge in [0.25, 0.3) is 0 Å². The number of nitrogens with zero attached hydrogens (tertiary/aromatic N) is 5. The fourth-order valence-corrected chi connectivity index (χ4v) is 6.35. The molecule has 4 aromatic rings. The number of benzene rings is 1. The molecular formula is C30H38N6OS. The molecule has 7 nitrogen and oxygen atoms in total. The van der Waals surface area contributed by atoms with E-state index in [0.29, 0.717) is 29.5 Å². The van der Waals surface area contributed by atoms with Crippen LogP contribution < -0.4 is 10.5 Å². The van der Waals surface area contributed by atoms with Crippen LogP contribution in [0.4, 0.5) is 5.13 Å². The van der Waals surface area contributed by atoms with Gasteiger partial charge in [0.15, 0.2) is 5.13 Å². The fourth-order valence-electron chi connectivity index (χ4n) is 5.69. The lowest BCUT2D eigenvalue weighted by molar-refractivity contribution is 0.220. The number of fused-ring (bicyclic) bond motifs is 2. The number of hydrogen-bond donors (Lipinski definition) is 1. The molecule has 2 atom stereocenters. The van der Waals surface area contributed by atoms with Gasteiger partial charge >= 0.3 is 0 Å². The highest BCUT2D eigenvalue weighted by Crippen LogP contribution is 2.36. The minimum atomic E-state index is 0.390. The number of hydrogen-bond acceptors (Lipinski definition) is 8. The first kappa shape index (κ1) is 26.5. The molecule has 8 heteroatoms. The first-order chi connectivity index (χ1) is 18.2. The molecule has 0 saturated heterocycles. The fraction of sp³-hybridized carbons (Fsp3) is 0.467. The molecule has 2 unspecified atom stereocenters. The van der Waals surface area contributed by atoms with E-state index in [1.807, 2.05) is 6.20 Å². The SMILES string of the molecule is Cc1nc(CN(C)C)nc(CC2CCOc3ccc(-c4cnc5sc(N)nc5c4)cc3CC2C)c1C(C)C. The minimum Gasteiger partial charge on any atom is -0.493 e. The van der Waals surface area contributed by atoms with Crippen LogP contribution in [0.2, 0.25) is 0 Å². The predicted octanol–water partition coefficient (Wildman–Crippen LogP) is 6.04. The first-order valence-corrected chi connectivity index (χ1v) is 14.3. The number of rotatable bonds is 6. The molecule has 200 valence electrons. The largest absolute Gasteiger partial charge is 0.493 e. The van der Waals surface area contributed by atoms with E-state index in [-0.39, 0.29) is 0 Å². The summed E-state index contributed by atoms with van der Waals surface area (Å²) < 4.78 is 6.30. The highest BCUT2D eigenvalue weighted by Gasteiger charge is 2.26. The second-order valence-corrected chi connectivity index (χ2v) is 12.2. The summed E-state index contributed by atoms with van der Waals surface area (Å²) in [5.74, 6) is 3.24. The lowest BCUT2D eigenvalue weighted by Crippen LogP contribution is -2.25. The Morgan fingerprint density at radius 2 is 1.95 bits per heavy atom. The molecule has 38 heavy (non-hydrogen) atoms. The number of aryl methyl sites for hydroxylation is 1. The third-order valence-corrected chi connectivity index (χ3v) is 8.31. The van der Waals surface area contributed by atoms with Crippen molar-refractivity contribution in [3.05, 3.63) is 58.8 Å². The zero-order valence-electron chi connectivity index (χ0n) is 23.3. The standard InChI is InChI=1S/C30H38N6OS/c1-17(2)28-19(4)33-27(16-36(5)6)34-24(28)13-20-9-10-37-26-8-7-21(12-22(26)11-18(20)3)23-14-25-29(32-15-23)38-30(31)35-25/h7-8,12,14-15,17-18,20H,9-11,13,16H2,1-6H3,(H2,31,35). The van der Waals surface area contributed by atoms with E-state index in [9.17, 15) is 0 Å². The van der Waals surface area contributed by atoms with E-state index >= 15 is 0 Å². The molecule has 0 aliphatic carbocycles. The van der Waals surface area contributed by atoms with Crippen LogP contribution in [0, 0.1) is 18.8 Å². The van der Waals surface area contributed by atoms with E-state index in [0.717, 1.165) is 64.5 Å². The van der Waals surface area contributed by atoms with Crippen molar-refractivity contribution in [1.29, 1.82) is 0 Å². The van der Waals surface area contributed by atoms with Crippen molar-refractivity contribution in [3.63, 3.8) is 0 Å². The Bertz CT molecular complexity index is 1450. The zero-order valence-corrected chi connectivity index (χ0v) is 24.1. The molecule has 0 bridgehead atoms. The van der Waals surface area contributed by atoms with E-state index < -0.39 is 0 Å². The summed E-state index contributed by atoms with van der Waals surface area (Å²) in [5, 5.41) is 0.546. The highest BCUT2D eigenvalue weighted by molar-refractivity contribution is 7.21. The Balaban J connectivity index is 1.41. The monoisotopic (exact) mass is 530 g/mol. The van der Waals surface area contributed by atoms with Gasteiger partial charge in [-0.3, -0.25) is 0 Å². The average molecular weight is 531 g/mol. The molecule has 0 saturated carbocycles. The predicted molar refractivity (Wildman–Crippen MR) is 156 cm³/mol. The van der Waals surface area contributed by atoms with Gasteiger partial charge in [-0.1, -0.05) is 38.2 Å². The molecule has 2 N–H and O–H groups in total. The quantitative estimate of drug-likeness (QED) is 0.325. The Morgan fingerprint density at radius 1 is 1.13 bits per heavy atom. The Kier molecular flexibility index (Phi) is 7.63. The molecule has 0 radical (unpaired) electrons. The number of anilines is 1. The molecule has 4 heterocycles. The number of thiazole rings is 1. The van der Waals surface area contributed by atoms with Crippen LogP contribution in [0.5, 0.6) is 5.75 Å². The topological polar surface area (TPSA) is 90.0 Å². The van der Waals surface area contributed by atoms with Crippen LogP contribution in [-0.4, -0.2) is 45.5 Å². The van der Waals surface area contributed by atoms with E-state index in [4.69, 9.17) is 20.4 Å². The second kappa shape index (κ2) is 10.9. The molecule has 5 rings (SSSR count). The maximum atomic E-state index is 6.30. The average Bonchev–Trinajstić information content (AvgIpc) is 3.21. The van der Waals surface area contributed by atoms with Crippen molar-refractivity contribution < 1.29 is 4.74 Å². The van der Waals surface area contributed by atoms with Crippen LogP contribution >= 0.6 is 11.3 Å².